The van der Waals surface area contributed by atoms with Crippen molar-refractivity contribution in [2.24, 2.45) is 0 Å². The Balaban J connectivity index is 2.22. The predicted molar refractivity (Wildman–Crippen MR) is 77.2 cm³/mol. The molecule has 1 amide bonds. The molecule has 0 heterocycles. The molecule has 2 rings (SSSR count). The number of nitro benzene ring substituents is 1. The zero-order chi connectivity index (χ0) is 15.6. The van der Waals surface area contributed by atoms with Gasteiger partial charge in [0.1, 0.15) is 5.78 Å². The van der Waals surface area contributed by atoms with Crippen LogP contribution >= 0.6 is 0 Å². The van der Waals surface area contributed by atoms with Gasteiger partial charge in [-0.3, -0.25) is 19.7 Å². The number of nitro groups is 1. The normalized spacial score (nSPS) is 15.8. The van der Waals surface area contributed by atoms with Crippen LogP contribution in [0.1, 0.15) is 41.6 Å². The van der Waals surface area contributed by atoms with Crippen LogP contribution < -0.4 is 0 Å². The Kier molecular flexibility index (Phi) is 4.35. The molecule has 1 fully saturated rings. The Morgan fingerprint density at radius 2 is 1.95 bits per heavy atom. The van der Waals surface area contributed by atoms with Gasteiger partial charge in [-0.1, -0.05) is 6.07 Å². The Morgan fingerprint density at radius 3 is 2.52 bits per heavy atom. The monoisotopic (exact) mass is 290 g/mol. The number of hydrogen-bond acceptors (Lipinski definition) is 4. The van der Waals surface area contributed by atoms with E-state index in [0.717, 1.165) is 0 Å². The Hall–Kier alpha value is -2.24. The molecule has 6 nitrogen and oxygen atoms in total. The molecule has 0 N–H and O–H groups in total. The summed E-state index contributed by atoms with van der Waals surface area (Å²) in [7, 11) is 1.70. The zero-order valence-electron chi connectivity index (χ0n) is 12.2. The van der Waals surface area contributed by atoms with Crippen LogP contribution in [0, 0.1) is 17.0 Å². The predicted octanol–water partition coefficient (Wildman–Crippen LogP) is 2.49. The number of rotatable bonds is 3. The van der Waals surface area contributed by atoms with Crippen LogP contribution in [0.2, 0.25) is 0 Å². The lowest BCUT2D eigenvalue weighted by atomic mass is 9.93. The first-order valence-corrected chi connectivity index (χ1v) is 6.94. The molecule has 1 saturated carbocycles. The van der Waals surface area contributed by atoms with Gasteiger partial charge < -0.3 is 4.90 Å². The fraction of sp³-hybridized carbons (Fsp3) is 0.467. The van der Waals surface area contributed by atoms with Gasteiger partial charge in [0, 0.05) is 43.1 Å². The summed E-state index contributed by atoms with van der Waals surface area (Å²) in [5.74, 6) is 0.00850. The lowest BCUT2D eigenvalue weighted by molar-refractivity contribution is -0.385. The second-order valence-electron chi connectivity index (χ2n) is 5.39. The van der Waals surface area contributed by atoms with E-state index in [1.165, 1.54) is 12.1 Å². The number of benzene rings is 1. The molecular formula is C15H18N2O4. The van der Waals surface area contributed by atoms with Crippen molar-refractivity contribution in [2.45, 2.75) is 38.6 Å². The number of amides is 1. The average molecular weight is 290 g/mol. The van der Waals surface area contributed by atoms with Crippen molar-refractivity contribution in [1.29, 1.82) is 0 Å². The van der Waals surface area contributed by atoms with Crippen molar-refractivity contribution in [3.8, 4) is 0 Å². The third-order valence-corrected chi connectivity index (χ3v) is 4.11. The number of ketones is 1. The Labute approximate surface area is 122 Å². The first kappa shape index (κ1) is 15.2. The van der Waals surface area contributed by atoms with Crippen LogP contribution in [-0.2, 0) is 4.79 Å². The summed E-state index contributed by atoms with van der Waals surface area (Å²) >= 11 is 0. The number of carbonyl (C=O) groups excluding carboxylic acids is 2. The molecular weight excluding hydrogens is 272 g/mol. The topological polar surface area (TPSA) is 80.5 Å². The third-order valence-electron chi connectivity index (χ3n) is 4.11. The molecule has 0 atom stereocenters. The molecule has 0 saturated heterocycles. The summed E-state index contributed by atoms with van der Waals surface area (Å²) in [6.07, 6.45) is 2.32. The van der Waals surface area contributed by atoms with Crippen LogP contribution in [0.3, 0.4) is 0 Å². The maximum atomic E-state index is 12.5. The summed E-state index contributed by atoms with van der Waals surface area (Å²) in [4.78, 5) is 35.9. The van der Waals surface area contributed by atoms with Crippen molar-refractivity contribution >= 4 is 17.4 Å². The van der Waals surface area contributed by atoms with E-state index in [-0.39, 0.29) is 23.4 Å². The van der Waals surface area contributed by atoms with Crippen molar-refractivity contribution in [2.75, 3.05) is 7.05 Å². The molecule has 1 aliphatic rings. The SMILES string of the molecule is Cc1c(C(=O)N(C)C2CCC(=O)CC2)cccc1[N+](=O)[O-]. The maximum Gasteiger partial charge on any atom is 0.273 e. The van der Waals surface area contributed by atoms with E-state index in [9.17, 15) is 19.7 Å². The lowest BCUT2D eigenvalue weighted by Crippen LogP contribution is -2.39. The standard InChI is InChI=1S/C15H18N2O4/c1-10-13(4-3-5-14(10)17(20)21)15(19)16(2)11-6-8-12(18)9-7-11/h3-5,11H,6-9H2,1-2H3. The molecule has 112 valence electrons. The highest BCUT2D eigenvalue weighted by molar-refractivity contribution is 5.96. The molecule has 1 aliphatic carbocycles. The largest absolute Gasteiger partial charge is 0.339 e. The summed E-state index contributed by atoms with van der Waals surface area (Å²) in [6.45, 7) is 1.59. The summed E-state index contributed by atoms with van der Waals surface area (Å²) in [5, 5.41) is 10.9. The van der Waals surface area contributed by atoms with Crippen molar-refractivity contribution in [1.82, 2.24) is 4.90 Å². The van der Waals surface area contributed by atoms with Crippen LogP contribution in [-0.4, -0.2) is 34.6 Å². The molecule has 0 bridgehead atoms. The van der Waals surface area contributed by atoms with Gasteiger partial charge in [-0.05, 0) is 25.8 Å². The molecule has 0 unspecified atom stereocenters. The highest BCUT2D eigenvalue weighted by Gasteiger charge is 2.27. The van der Waals surface area contributed by atoms with Crippen LogP contribution in [0.5, 0.6) is 0 Å². The fourth-order valence-corrected chi connectivity index (χ4v) is 2.72. The molecule has 1 aromatic carbocycles. The first-order valence-electron chi connectivity index (χ1n) is 6.94. The molecule has 0 spiro atoms. The van der Waals surface area contributed by atoms with Crippen molar-refractivity contribution in [3.63, 3.8) is 0 Å². The highest BCUT2D eigenvalue weighted by atomic mass is 16.6. The molecule has 6 heteroatoms. The summed E-state index contributed by atoms with van der Waals surface area (Å²) in [6, 6.07) is 4.55. The van der Waals surface area contributed by atoms with Gasteiger partial charge in [0.25, 0.3) is 11.6 Å². The lowest BCUT2D eigenvalue weighted by Gasteiger charge is -2.31. The van der Waals surface area contributed by atoms with Gasteiger partial charge >= 0.3 is 0 Å². The van der Waals surface area contributed by atoms with Gasteiger partial charge in [-0.25, -0.2) is 0 Å². The summed E-state index contributed by atoms with van der Waals surface area (Å²) < 4.78 is 0. The quantitative estimate of drug-likeness (QED) is 0.632. The van der Waals surface area contributed by atoms with Gasteiger partial charge in [0.05, 0.1) is 4.92 Å². The van der Waals surface area contributed by atoms with E-state index in [1.54, 1.807) is 24.9 Å². The van der Waals surface area contributed by atoms with Gasteiger partial charge in [0.15, 0.2) is 0 Å². The average Bonchev–Trinajstić information content (AvgIpc) is 2.46. The second kappa shape index (κ2) is 6.03. The van der Waals surface area contributed by atoms with Gasteiger partial charge in [-0.15, -0.1) is 0 Å². The van der Waals surface area contributed by atoms with Gasteiger partial charge in [0.2, 0.25) is 0 Å². The minimum Gasteiger partial charge on any atom is -0.339 e. The van der Waals surface area contributed by atoms with E-state index in [0.29, 0.717) is 36.8 Å². The van der Waals surface area contributed by atoms with Gasteiger partial charge in [-0.2, -0.15) is 0 Å². The minimum atomic E-state index is -0.481. The molecule has 0 aliphatic heterocycles. The van der Waals surface area contributed by atoms with Crippen LogP contribution in [0.25, 0.3) is 0 Å². The third kappa shape index (κ3) is 3.09. The number of Topliss-reactive ketones (excluding diaryl/α,β-unsaturated/α-hetero) is 1. The van der Waals surface area contributed by atoms with Crippen molar-refractivity contribution in [3.05, 3.63) is 39.4 Å². The first-order chi connectivity index (χ1) is 9.91. The van der Waals surface area contributed by atoms with Crippen LogP contribution in [0.15, 0.2) is 18.2 Å². The Bertz CT molecular complexity index is 587. The number of nitrogens with zero attached hydrogens (tertiary/aromatic N) is 2. The summed E-state index contributed by atoms with van der Waals surface area (Å²) in [5.41, 5.74) is 0.683. The van der Waals surface area contributed by atoms with E-state index < -0.39 is 4.92 Å². The fourth-order valence-electron chi connectivity index (χ4n) is 2.72. The second-order valence-corrected chi connectivity index (χ2v) is 5.39. The number of carbonyl (C=O) groups is 2. The van der Waals surface area contributed by atoms with E-state index in [4.69, 9.17) is 0 Å². The maximum absolute atomic E-state index is 12.5. The smallest absolute Gasteiger partial charge is 0.273 e. The van der Waals surface area contributed by atoms with E-state index >= 15 is 0 Å². The van der Waals surface area contributed by atoms with E-state index in [1.807, 2.05) is 0 Å². The molecule has 21 heavy (non-hydrogen) atoms. The van der Waals surface area contributed by atoms with E-state index in [2.05, 4.69) is 0 Å². The molecule has 0 radical (unpaired) electrons. The van der Waals surface area contributed by atoms with Crippen LogP contribution in [0.4, 0.5) is 5.69 Å². The molecule has 0 aromatic heterocycles. The zero-order valence-corrected chi connectivity index (χ0v) is 12.2. The highest BCUT2D eigenvalue weighted by Crippen LogP contribution is 2.25. The molecule has 1 aromatic rings. The minimum absolute atomic E-state index is 0.0221. The van der Waals surface area contributed by atoms with Crippen molar-refractivity contribution < 1.29 is 14.5 Å². The number of hydrogen-bond donors (Lipinski definition) is 0. The Morgan fingerprint density at radius 1 is 1.33 bits per heavy atom.